The highest BCUT2D eigenvalue weighted by Gasteiger charge is 2.43. The van der Waals surface area contributed by atoms with Crippen LogP contribution in [0.25, 0.3) is 0 Å². The number of anilines is 2. The summed E-state index contributed by atoms with van der Waals surface area (Å²) in [6, 6.07) is 6.79. The van der Waals surface area contributed by atoms with Crippen LogP contribution in [0, 0.1) is 0 Å². The highest BCUT2D eigenvalue weighted by atomic mass is 35.5. The molecule has 2 heterocycles. The van der Waals surface area contributed by atoms with E-state index in [4.69, 9.17) is 11.6 Å². The molecule has 6 nitrogen and oxygen atoms in total. The minimum absolute atomic E-state index is 0.0513. The molecular formula is C15H15ClN4O2. The minimum atomic E-state index is -1.01. The lowest BCUT2D eigenvalue weighted by molar-refractivity contribution is -0.126. The van der Waals surface area contributed by atoms with E-state index in [-0.39, 0.29) is 18.4 Å². The number of hydrogen-bond donors (Lipinski definition) is 1. The van der Waals surface area contributed by atoms with Gasteiger partial charge in [-0.25, -0.2) is 0 Å². The van der Waals surface area contributed by atoms with Gasteiger partial charge in [-0.2, -0.15) is 5.10 Å². The third-order valence-electron chi connectivity index (χ3n) is 3.67. The van der Waals surface area contributed by atoms with Gasteiger partial charge in [0.05, 0.1) is 11.4 Å². The number of aromatic nitrogens is 2. The smallest absolute Gasteiger partial charge is 0.250 e. The fourth-order valence-corrected chi connectivity index (χ4v) is 2.69. The summed E-state index contributed by atoms with van der Waals surface area (Å²) in [6.07, 6.45) is 3.31. The SMILES string of the molecule is CC1(C)C(=O)Nc2ccc(Cl)cc2N1C(=O)Cn1cccn1. The predicted molar refractivity (Wildman–Crippen MR) is 83.9 cm³/mol. The van der Waals surface area contributed by atoms with Crippen molar-refractivity contribution in [2.75, 3.05) is 10.2 Å². The van der Waals surface area contributed by atoms with Gasteiger partial charge >= 0.3 is 0 Å². The molecule has 22 heavy (non-hydrogen) atoms. The summed E-state index contributed by atoms with van der Waals surface area (Å²) in [5.74, 6) is -0.469. The first kappa shape index (κ1) is 14.6. The maximum absolute atomic E-state index is 12.7. The first-order valence-corrected chi connectivity index (χ1v) is 7.19. The molecule has 1 aliphatic heterocycles. The number of nitrogens with zero attached hydrogens (tertiary/aromatic N) is 3. The lowest BCUT2D eigenvalue weighted by Crippen LogP contribution is -2.59. The third-order valence-corrected chi connectivity index (χ3v) is 3.90. The zero-order valence-corrected chi connectivity index (χ0v) is 13.0. The summed E-state index contributed by atoms with van der Waals surface area (Å²) in [4.78, 5) is 26.5. The van der Waals surface area contributed by atoms with Crippen molar-refractivity contribution in [3.05, 3.63) is 41.7 Å². The van der Waals surface area contributed by atoms with Crippen LogP contribution in [-0.2, 0) is 16.1 Å². The highest BCUT2D eigenvalue weighted by molar-refractivity contribution is 6.31. The number of hydrogen-bond acceptors (Lipinski definition) is 3. The molecule has 0 spiro atoms. The topological polar surface area (TPSA) is 67.2 Å². The van der Waals surface area contributed by atoms with Crippen LogP contribution in [0.2, 0.25) is 5.02 Å². The molecule has 1 aromatic heterocycles. The van der Waals surface area contributed by atoms with Gasteiger partial charge in [0, 0.05) is 17.4 Å². The molecule has 0 saturated carbocycles. The summed E-state index contributed by atoms with van der Waals surface area (Å²) in [5, 5.41) is 7.34. The molecular weight excluding hydrogens is 304 g/mol. The zero-order valence-electron chi connectivity index (χ0n) is 12.2. The molecule has 0 aliphatic carbocycles. The van der Waals surface area contributed by atoms with Crippen LogP contribution in [0.1, 0.15) is 13.8 Å². The number of carbonyl (C=O) groups excluding carboxylic acids is 2. The van der Waals surface area contributed by atoms with Crippen molar-refractivity contribution < 1.29 is 9.59 Å². The van der Waals surface area contributed by atoms with E-state index >= 15 is 0 Å². The van der Waals surface area contributed by atoms with Crippen LogP contribution in [0.15, 0.2) is 36.7 Å². The summed E-state index contributed by atoms with van der Waals surface area (Å²) < 4.78 is 1.52. The second kappa shape index (κ2) is 5.14. The maximum Gasteiger partial charge on any atom is 0.250 e. The molecule has 1 aliphatic rings. The molecule has 3 rings (SSSR count). The second-order valence-electron chi connectivity index (χ2n) is 5.61. The van der Waals surface area contributed by atoms with Gasteiger partial charge in [0.1, 0.15) is 12.1 Å². The Hall–Kier alpha value is -2.34. The molecule has 0 unspecified atom stereocenters. The van der Waals surface area contributed by atoms with E-state index in [2.05, 4.69) is 10.4 Å². The lowest BCUT2D eigenvalue weighted by Gasteiger charge is -2.42. The van der Waals surface area contributed by atoms with Crippen molar-refractivity contribution in [3.63, 3.8) is 0 Å². The van der Waals surface area contributed by atoms with E-state index in [1.165, 1.54) is 9.58 Å². The predicted octanol–water partition coefficient (Wildman–Crippen LogP) is 2.30. The molecule has 0 atom stereocenters. The zero-order chi connectivity index (χ0) is 15.9. The third kappa shape index (κ3) is 2.35. The standard InChI is InChI=1S/C15H15ClN4O2/c1-15(2)14(22)18-11-5-4-10(16)8-12(11)20(15)13(21)9-19-7-3-6-17-19/h3-8H,9H2,1-2H3,(H,18,22). The van der Waals surface area contributed by atoms with Gasteiger partial charge in [-0.1, -0.05) is 11.6 Å². The molecule has 114 valence electrons. The van der Waals surface area contributed by atoms with Crippen molar-refractivity contribution in [3.8, 4) is 0 Å². The van der Waals surface area contributed by atoms with Gasteiger partial charge in [0.15, 0.2) is 0 Å². The van der Waals surface area contributed by atoms with Gasteiger partial charge in [-0.05, 0) is 38.1 Å². The van der Waals surface area contributed by atoms with E-state index in [1.54, 1.807) is 50.5 Å². The van der Waals surface area contributed by atoms with E-state index < -0.39 is 5.54 Å². The molecule has 7 heteroatoms. The minimum Gasteiger partial charge on any atom is -0.322 e. The molecule has 2 amide bonds. The van der Waals surface area contributed by atoms with Crippen LogP contribution in [0.5, 0.6) is 0 Å². The molecule has 0 fully saturated rings. The maximum atomic E-state index is 12.7. The van der Waals surface area contributed by atoms with Crippen molar-refractivity contribution in [2.24, 2.45) is 0 Å². The second-order valence-corrected chi connectivity index (χ2v) is 6.04. The molecule has 0 radical (unpaired) electrons. The fourth-order valence-electron chi connectivity index (χ4n) is 2.52. The normalized spacial score (nSPS) is 16.1. The van der Waals surface area contributed by atoms with Gasteiger partial charge in [-0.3, -0.25) is 19.2 Å². The summed E-state index contributed by atoms with van der Waals surface area (Å²) in [5.41, 5.74) is 0.152. The van der Waals surface area contributed by atoms with E-state index in [0.29, 0.717) is 16.4 Å². The van der Waals surface area contributed by atoms with Gasteiger partial charge in [0.25, 0.3) is 0 Å². The van der Waals surface area contributed by atoms with Crippen molar-refractivity contribution in [1.29, 1.82) is 0 Å². The summed E-state index contributed by atoms with van der Waals surface area (Å²) >= 11 is 6.05. The Kier molecular flexibility index (Phi) is 3.41. The average Bonchev–Trinajstić information content (AvgIpc) is 2.93. The Labute approximate surface area is 132 Å². The molecule has 1 N–H and O–H groups in total. The first-order chi connectivity index (χ1) is 10.4. The van der Waals surface area contributed by atoms with Crippen molar-refractivity contribution in [2.45, 2.75) is 25.9 Å². The molecule has 0 saturated heterocycles. The first-order valence-electron chi connectivity index (χ1n) is 6.81. The van der Waals surface area contributed by atoms with E-state index in [1.807, 2.05) is 0 Å². The van der Waals surface area contributed by atoms with E-state index in [9.17, 15) is 9.59 Å². The Morgan fingerprint density at radius 2 is 2.18 bits per heavy atom. The molecule has 1 aromatic carbocycles. The summed E-state index contributed by atoms with van der Waals surface area (Å²) in [7, 11) is 0. The van der Waals surface area contributed by atoms with Crippen LogP contribution in [0.3, 0.4) is 0 Å². The number of rotatable bonds is 2. The Morgan fingerprint density at radius 3 is 2.86 bits per heavy atom. The van der Waals surface area contributed by atoms with Crippen molar-refractivity contribution >= 4 is 34.8 Å². The van der Waals surface area contributed by atoms with Crippen molar-refractivity contribution in [1.82, 2.24) is 9.78 Å². The monoisotopic (exact) mass is 318 g/mol. The molecule has 2 aromatic rings. The number of carbonyl (C=O) groups is 2. The summed E-state index contributed by atoms with van der Waals surface area (Å²) in [6.45, 7) is 3.45. The van der Waals surface area contributed by atoms with Crippen LogP contribution >= 0.6 is 11.6 Å². The lowest BCUT2D eigenvalue weighted by atomic mass is 9.96. The quantitative estimate of drug-likeness (QED) is 0.924. The largest absolute Gasteiger partial charge is 0.322 e. The molecule has 0 bridgehead atoms. The van der Waals surface area contributed by atoms with Crippen LogP contribution in [0.4, 0.5) is 11.4 Å². The fraction of sp³-hybridized carbons (Fsp3) is 0.267. The Morgan fingerprint density at radius 1 is 1.41 bits per heavy atom. The van der Waals surface area contributed by atoms with Crippen LogP contribution in [-0.4, -0.2) is 27.1 Å². The number of nitrogens with one attached hydrogen (secondary N) is 1. The highest BCUT2D eigenvalue weighted by Crippen LogP contribution is 2.38. The van der Waals surface area contributed by atoms with Gasteiger partial charge in [-0.15, -0.1) is 0 Å². The van der Waals surface area contributed by atoms with Gasteiger partial charge < -0.3 is 5.32 Å². The Bertz CT molecular complexity index is 740. The number of benzene rings is 1. The number of fused-ring (bicyclic) bond motifs is 1. The number of halogens is 1. The average molecular weight is 319 g/mol. The van der Waals surface area contributed by atoms with E-state index in [0.717, 1.165) is 0 Å². The van der Waals surface area contributed by atoms with Crippen LogP contribution < -0.4 is 10.2 Å². The van der Waals surface area contributed by atoms with Gasteiger partial charge in [0.2, 0.25) is 11.8 Å². The Balaban J connectivity index is 2.04. The number of amides is 2.